The Bertz CT molecular complexity index is 1310. The van der Waals surface area contributed by atoms with Crippen LogP contribution >= 0.6 is 11.6 Å². The van der Waals surface area contributed by atoms with Crippen molar-refractivity contribution in [2.45, 2.75) is 0 Å². The maximum atomic E-state index is 14.4. The summed E-state index contributed by atoms with van der Waals surface area (Å²) in [5.74, 6) is -0.378. The number of nitrogens with zero attached hydrogens (tertiary/aromatic N) is 3. The second-order valence-corrected chi connectivity index (χ2v) is 6.61. The Morgan fingerprint density at radius 3 is 2.78 bits per heavy atom. The lowest BCUT2D eigenvalue weighted by molar-refractivity contribution is 0.631. The minimum atomic E-state index is -0.378. The zero-order valence-electron chi connectivity index (χ0n) is 13.9. The van der Waals surface area contributed by atoms with Crippen molar-refractivity contribution >= 4 is 33.5 Å². The molecule has 1 aromatic carbocycles. The molecule has 1 N–H and O–H groups in total. The molecule has 0 aliphatic heterocycles. The summed E-state index contributed by atoms with van der Waals surface area (Å²) in [5.41, 5.74) is 4.21. The molecule has 0 aliphatic carbocycles. The number of benzene rings is 1. The lowest BCUT2D eigenvalue weighted by atomic mass is 9.99. The van der Waals surface area contributed by atoms with Gasteiger partial charge in [-0.15, -0.1) is 0 Å². The van der Waals surface area contributed by atoms with Crippen molar-refractivity contribution in [2.75, 3.05) is 0 Å². The molecule has 4 heterocycles. The summed E-state index contributed by atoms with van der Waals surface area (Å²) in [5, 5.41) is 2.37. The van der Waals surface area contributed by atoms with Gasteiger partial charge in [0.05, 0.1) is 17.4 Å². The third-order valence-corrected chi connectivity index (χ3v) is 4.80. The summed E-state index contributed by atoms with van der Waals surface area (Å²) >= 11 is 6.08. The SMILES string of the molecule is Fc1ccc(Cl)cc1-c1cc(-c2c[nH]c3cnccc23)c2cccnc2n1. The predicted molar refractivity (Wildman–Crippen MR) is 105 cm³/mol. The number of hydrogen-bond donors (Lipinski definition) is 1. The maximum absolute atomic E-state index is 14.4. The van der Waals surface area contributed by atoms with Gasteiger partial charge in [0.2, 0.25) is 0 Å². The van der Waals surface area contributed by atoms with Crippen LogP contribution in [0, 0.1) is 5.82 Å². The van der Waals surface area contributed by atoms with E-state index >= 15 is 0 Å². The zero-order chi connectivity index (χ0) is 18.4. The van der Waals surface area contributed by atoms with E-state index < -0.39 is 0 Å². The summed E-state index contributed by atoms with van der Waals surface area (Å²) in [6.07, 6.45) is 7.12. The molecule has 130 valence electrons. The molecule has 0 fully saturated rings. The largest absolute Gasteiger partial charge is 0.359 e. The molecule has 0 bridgehead atoms. The number of H-pyrrole nitrogens is 1. The third-order valence-electron chi connectivity index (χ3n) is 4.56. The second kappa shape index (κ2) is 6.14. The topological polar surface area (TPSA) is 54.5 Å². The summed E-state index contributed by atoms with van der Waals surface area (Å²) in [4.78, 5) is 16.3. The number of aromatic amines is 1. The lowest BCUT2D eigenvalue weighted by Gasteiger charge is -2.10. The van der Waals surface area contributed by atoms with Crippen LogP contribution in [0.2, 0.25) is 5.02 Å². The standard InChI is InChI=1S/C21H12ClFN4/c22-12-3-4-18(23)16(8-12)19-9-15(14-2-1-6-25-21(14)27-19)17-10-26-20-11-24-7-5-13(17)20/h1-11,26H. The Morgan fingerprint density at radius 2 is 1.85 bits per heavy atom. The fraction of sp³-hybridized carbons (Fsp3) is 0. The Labute approximate surface area is 158 Å². The molecule has 5 aromatic rings. The number of pyridine rings is 3. The van der Waals surface area contributed by atoms with Crippen LogP contribution in [0.3, 0.4) is 0 Å². The van der Waals surface area contributed by atoms with Gasteiger partial charge in [-0.05, 0) is 48.0 Å². The monoisotopic (exact) mass is 374 g/mol. The predicted octanol–water partition coefficient (Wildman–Crippen LogP) is 5.63. The minimum Gasteiger partial charge on any atom is -0.359 e. The van der Waals surface area contributed by atoms with Gasteiger partial charge < -0.3 is 4.98 Å². The van der Waals surface area contributed by atoms with E-state index in [1.165, 1.54) is 12.1 Å². The van der Waals surface area contributed by atoms with Crippen LogP contribution in [0.5, 0.6) is 0 Å². The number of halogens is 2. The molecule has 4 aromatic heterocycles. The normalized spacial score (nSPS) is 11.3. The summed E-state index contributed by atoms with van der Waals surface area (Å²) < 4.78 is 14.4. The van der Waals surface area contributed by atoms with Gasteiger partial charge in [-0.2, -0.15) is 0 Å². The van der Waals surface area contributed by atoms with Crippen LogP contribution < -0.4 is 0 Å². The molecule has 0 unspecified atom stereocenters. The molecule has 0 spiro atoms. The van der Waals surface area contributed by atoms with E-state index in [2.05, 4.69) is 19.9 Å². The quantitative estimate of drug-likeness (QED) is 0.435. The Kier molecular flexibility index (Phi) is 3.62. The van der Waals surface area contributed by atoms with E-state index in [0.717, 1.165) is 27.4 Å². The van der Waals surface area contributed by atoms with Gasteiger partial charge >= 0.3 is 0 Å². The fourth-order valence-electron chi connectivity index (χ4n) is 3.31. The average molecular weight is 375 g/mol. The molecule has 0 saturated carbocycles. The van der Waals surface area contributed by atoms with Gasteiger partial charge in [-0.1, -0.05) is 11.6 Å². The van der Waals surface area contributed by atoms with Gasteiger partial charge in [0.25, 0.3) is 0 Å². The molecule has 0 aliphatic rings. The fourth-order valence-corrected chi connectivity index (χ4v) is 3.48. The van der Waals surface area contributed by atoms with Gasteiger partial charge in [-0.3, -0.25) is 4.98 Å². The van der Waals surface area contributed by atoms with Crippen LogP contribution in [0.15, 0.2) is 67.3 Å². The van der Waals surface area contributed by atoms with Crippen molar-refractivity contribution in [3.8, 4) is 22.4 Å². The Hall–Kier alpha value is -3.31. The van der Waals surface area contributed by atoms with E-state index in [1.54, 1.807) is 24.7 Å². The van der Waals surface area contributed by atoms with Gasteiger partial charge in [0.1, 0.15) is 5.82 Å². The van der Waals surface area contributed by atoms with Crippen molar-refractivity contribution < 1.29 is 4.39 Å². The molecular weight excluding hydrogens is 363 g/mol. The summed E-state index contributed by atoms with van der Waals surface area (Å²) in [6, 6.07) is 12.1. The average Bonchev–Trinajstić information content (AvgIpc) is 3.13. The van der Waals surface area contributed by atoms with Gasteiger partial charge in [0, 0.05) is 45.5 Å². The van der Waals surface area contributed by atoms with Crippen LogP contribution in [0.4, 0.5) is 4.39 Å². The van der Waals surface area contributed by atoms with Crippen LogP contribution in [0.25, 0.3) is 44.3 Å². The summed E-state index contributed by atoms with van der Waals surface area (Å²) in [6.45, 7) is 0. The number of nitrogens with one attached hydrogen (secondary N) is 1. The van der Waals surface area contributed by atoms with E-state index in [-0.39, 0.29) is 5.82 Å². The molecule has 4 nitrogen and oxygen atoms in total. The van der Waals surface area contributed by atoms with Gasteiger partial charge in [0.15, 0.2) is 5.65 Å². The molecule has 0 radical (unpaired) electrons. The van der Waals surface area contributed by atoms with Gasteiger partial charge in [-0.25, -0.2) is 14.4 Å². The second-order valence-electron chi connectivity index (χ2n) is 6.18. The number of rotatable bonds is 2. The molecule has 0 atom stereocenters. The van der Waals surface area contributed by atoms with Crippen molar-refractivity contribution in [3.05, 3.63) is 78.1 Å². The number of aromatic nitrogens is 4. The van der Waals surface area contributed by atoms with Crippen molar-refractivity contribution in [1.29, 1.82) is 0 Å². The highest BCUT2D eigenvalue weighted by atomic mass is 35.5. The van der Waals surface area contributed by atoms with E-state index in [1.807, 2.05) is 30.5 Å². The molecular formula is C21H12ClFN4. The molecule has 0 saturated heterocycles. The Morgan fingerprint density at radius 1 is 0.926 bits per heavy atom. The van der Waals surface area contributed by atoms with E-state index in [4.69, 9.17) is 11.6 Å². The molecule has 5 rings (SSSR count). The van der Waals surface area contributed by atoms with Crippen LogP contribution in [0.1, 0.15) is 0 Å². The van der Waals surface area contributed by atoms with Crippen LogP contribution in [-0.4, -0.2) is 19.9 Å². The van der Waals surface area contributed by atoms with Crippen molar-refractivity contribution in [1.82, 2.24) is 19.9 Å². The Balaban J connectivity index is 1.85. The first-order chi connectivity index (χ1) is 13.2. The first-order valence-corrected chi connectivity index (χ1v) is 8.71. The highest BCUT2D eigenvalue weighted by Crippen LogP contribution is 2.36. The smallest absolute Gasteiger partial charge is 0.160 e. The minimum absolute atomic E-state index is 0.345. The first-order valence-electron chi connectivity index (χ1n) is 8.33. The highest BCUT2D eigenvalue weighted by Gasteiger charge is 2.15. The van der Waals surface area contributed by atoms with Crippen molar-refractivity contribution in [2.24, 2.45) is 0 Å². The summed E-state index contributed by atoms with van der Waals surface area (Å²) in [7, 11) is 0. The van der Waals surface area contributed by atoms with Crippen molar-refractivity contribution in [3.63, 3.8) is 0 Å². The third kappa shape index (κ3) is 2.64. The van der Waals surface area contributed by atoms with E-state index in [0.29, 0.717) is 21.9 Å². The highest BCUT2D eigenvalue weighted by molar-refractivity contribution is 6.30. The van der Waals surface area contributed by atoms with Crippen LogP contribution in [-0.2, 0) is 0 Å². The first kappa shape index (κ1) is 15.9. The lowest BCUT2D eigenvalue weighted by Crippen LogP contribution is -1.93. The number of fused-ring (bicyclic) bond motifs is 2. The zero-order valence-corrected chi connectivity index (χ0v) is 14.7. The number of hydrogen-bond acceptors (Lipinski definition) is 3. The van der Waals surface area contributed by atoms with E-state index in [9.17, 15) is 4.39 Å². The maximum Gasteiger partial charge on any atom is 0.160 e. The molecule has 6 heteroatoms. The molecule has 0 amide bonds. The molecule has 27 heavy (non-hydrogen) atoms.